The third-order valence-electron chi connectivity index (χ3n) is 2.92. The standard InChI is InChI=1S/C15H19F2N3/c1-15(2,3)19-9-14-18-6-7-20(14)10-11-4-5-12(16)13(17)8-11/h4-8,19H,9-10H2,1-3H3. The summed E-state index contributed by atoms with van der Waals surface area (Å²) in [5, 5.41) is 3.35. The molecule has 1 aromatic heterocycles. The molecule has 0 radical (unpaired) electrons. The lowest BCUT2D eigenvalue weighted by atomic mass is 10.1. The minimum Gasteiger partial charge on any atom is -0.329 e. The number of nitrogens with zero attached hydrogens (tertiary/aromatic N) is 2. The molecule has 0 fully saturated rings. The molecular weight excluding hydrogens is 260 g/mol. The summed E-state index contributed by atoms with van der Waals surface area (Å²) in [6, 6.07) is 3.95. The molecule has 0 unspecified atom stereocenters. The van der Waals surface area contributed by atoms with Crippen molar-refractivity contribution >= 4 is 0 Å². The van der Waals surface area contributed by atoms with Crippen molar-refractivity contribution < 1.29 is 8.78 Å². The van der Waals surface area contributed by atoms with Crippen molar-refractivity contribution in [3.05, 3.63) is 53.6 Å². The highest BCUT2D eigenvalue weighted by Gasteiger charge is 2.11. The number of rotatable bonds is 4. The fourth-order valence-electron chi connectivity index (χ4n) is 1.83. The van der Waals surface area contributed by atoms with Crippen LogP contribution in [0.1, 0.15) is 32.2 Å². The van der Waals surface area contributed by atoms with E-state index in [0.717, 1.165) is 11.9 Å². The molecule has 0 aliphatic carbocycles. The van der Waals surface area contributed by atoms with Crippen LogP contribution in [0.2, 0.25) is 0 Å². The zero-order chi connectivity index (χ0) is 14.8. The third kappa shape index (κ3) is 3.87. The van der Waals surface area contributed by atoms with Crippen molar-refractivity contribution in [1.82, 2.24) is 14.9 Å². The lowest BCUT2D eigenvalue weighted by Gasteiger charge is -2.20. The predicted molar refractivity (Wildman–Crippen MR) is 74.3 cm³/mol. The normalized spacial score (nSPS) is 11.8. The Labute approximate surface area is 117 Å². The number of hydrogen-bond donors (Lipinski definition) is 1. The highest BCUT2D eigenvalue weighted by Crippen LogP contribution is 2.11. The molecule has 3 nitrogen and oxygen atoms in total. The quantitative estimate of drug-likeness (QED) is 0.932. The van der Waals surface area contributed by atoms with Crippen LogP contribution < -0.4 is 5.32 Å². The first-order valence-corrected chi connectivity index (χ1v) is 6.54. The number of nitrogens with one attached hydrogen (secondary N) is 1. The molecule has 2 aromatic rings. The van der Waals surface area contributed by atoms with Crippen molar-refractivity contribution in [2.45, 2.75) is 39.4 Å². The highest BCUT2D eigenvalue weighted by molar-refractivity contribution is 5.18. The molecule has 0 saturated heterocycles. The van der Waals surface area contributed by atoms with E-state index in [2.05, 4.69) is 31.1 Å². The van der Waals surface area contributed by atoms with Crippen LogP contribution in [0.3, 0.4) is 0 Å². The van der Waals surface area contributed by atoms with Crippen LogP contribution in [0.4, 0.5) is 8.78 Å². The Bertz CT molecular complexity index is 585. The fraction of sp³-hybridized carbons (Fsp3) is 0.400. The molecule has 1 aromatic carbocycles. The average Bonchev–Trinajstić information content (AvgIpc) is 2.78. The average molecular weight is 279 g/mol. The summed E-state index contributed by atoms with van der Waals surface area (Å²) in [5.74, 6) is -0.782. The maximum absolute atomic E-state index is 13.2. The minimum atomic E-state index is -0.825. The van der Waals surface area contributed by atoms with Crippen molar-refractivity contribution in [1.29, 1.82) is 0 Å². The number of benzene rings is 1. The van der Waals surface area contributed by atoms with E-state index >= 15 is 0 Å². The van der Waals surface area contributed by atoms with E-state index in [1.54, 1.807) is 12.3 Å². The Kier molecular flexibility index (Phi) is 4.18. The largest absolute Gasteiger partial charge is 0.329 e. The van der Waals surface area contributed by atoms with Gasteiger partial charge in [-0.2, -0.15) is 0 Å². The number of aromatic nitrogens is 2. The summed E-state index contributed by atoms with van der Waals surface area (Å²) < 4.78 is 28.0. The Morgan fingerprint density at radius 3 is 2.60 bits per heavy atom. The maximum atomic E-state index is 13.2. The zero-order valence-corrected chi connectivity index (χ0v) is 12.0. The summed E-state index contributed by atoms with van der Waals surface area (Å²) in [6.07, 6.45) is 3.54. The van der Waals surface area contributed by atoms with E-state index in [9.17, 15) is 8.78 Å². The van der Waals surface area contributed by atoms with Crippen LogP contribution in [-0.4, -0.2) is 15.1 Å². The minimum absolute atomic E-state index is 0.00123. The smallest absolute Gasteiger partial charge is 0.159 e. The molecule has 1 N–H and O–H groups in total. The van der Waals surface area contributed by atoms with Crippen molar-refractivity contribution in [2.75, 3.05) is 0 Å². The van der Waals surface area contributed by atoms with Crippen LogP contribution in [-0.2, 0) is 13.1 Å². The van der Waals surface area contributed by atoms with E-state index in [0.29, 0.717) is 18.7 Å². The number of halogens is 2. The Hall–Kier alpha value is -1.75. The van der Waals surface area contributed by atoms with Gasteiger partial charge in [0.1, 0.15) is 5.82 Å². The molecule has 0 saturated carbocycles. The van der Waals surface area contributed by atoms with Gasteiger partial charge < -0.3 is 9.88 Å². The molecule has 2 rings (SSSR count). The van der Waals surface area contributed by atoms with Gasteiger partial charge in [-0.05, 0) is 38.5 Å². The summed E-state index contributed by atoms with van der Waals surface area (Å²) in [7, 11) is 0. The SMILES string of the molecule is CC(C)(C)NCc1nccn1Cc1ccc(F)c(F)c1. The van der Waals surface area contributed by atoms with Gasteiger partial charge in [-0.15, -0.1) is 0 Å². The number of hydrogen-bond acceptors (Lipinski definition) is 2. The molecular formula is C15H19F2N3. The molecule has 0 aliphatic heterocycles. The van der Waals surface area contributed by atoms with Gasteiger partial charge in [0.15, 0.2) is 11.6 Å². The lowest BCUT2D eigenvalue weighted by Crippen LogP contribution is -2.36. The van der Waals surface area contributed by atoms with Gasteiger partial charge in [-0.3, -0.25) is 0 Å². The third-order valence-corrected chi connectivity index (χ3v) is 2.92. The molecule has 1 heterocycles. The van der Waals surface area contributed by atoms with Gasteiger partial charge in [0.05, 0.1) is 6.54 Å². The second-order valence-corrected chi connectivity index (χ2v) is 5.82. The van der Waals surface area contributed by atoms with Crippen LogP contribution in [0, 0.1) is 11.6 Å². The first-order valence-electron chi connectivity index (χ1n) is 6.54. The zero-order valence-electron chi connectivity index (χ0n) is 12.0. The molecule has 0 spiro atoms. The molecule has 5 heteroatoms. The van der Waals surface area contributed by atoms with E-state index in [1.165, 1.54) is 6.07 Å². The van der Waals surface area contributed by atoms with Gasteiger partial charge in [0, 0.05) is 24.5 Å². The van der Waals surface area contributed by atoms with Gasteiger partial charge in [-0.25, -0.2) is 13.8 Å². The van der Waals surface area contributed by atoms with Gasteiger partial charge >= 0.3 is 0 Å². The molecule has 0 atom stereocenters. The van der Waals surface area contributed by atoms with E-state index < -0.39 is 11.6 Å². The highest BCUT2D eigenvalue weighted by atomic mass is 19.2. The molecule has 0 bridgehead atoms. The summed E-state index contributed by atoms with van der Waals surface area (Å²) in [5.41, 5.74) is 0.706. The number of imidazole rings is 1. The Morgan fingerprint density at radius 1 is 1.20 bits per heavy atom. The van der Waals surface area contributed by atoms with E-state index in [1.807, 2.05) is 10.8 Å². The molecule has 0 aliphatic rings. The second-order valence-electron chi connectivity index (χ2n) is 5.82. The van der Waals surface area contributed by atoms with Crippen LogP contribution in [0.5, 0.6) is 0 Å². The van der Waals surface area contributed by atoms with Crippen LogP contribution >= 0.6 is 0 Å². The van der Waals surface area contributed by atoms with Crippen molar-refractivity contribution in [3.8, 4) is 0 Å². The van der Waals surface area contributed by atoms with Crippen molar-refractivity contribution in [2.24, 2.45) is 0 Å². The van der Waals surface area contributed by atoms with Gasteiger partial charge in [0.2, 0.25) is 0 Å². The monoisotopic (exact) mass is 279 g/mol. The first-order chi connectivity index (χ1) is 9.35. The second kappa shape index (κ2) is 5.71. The van der Waals surface area contributed by atoms with E-state index in [-0.39, 0.29) is 5.54 Å². The molecule has 0 amide bonds. The fourth-order valence-corrected chi connectivity index (χ4v) is 1.83. The van der Waals surface area contributed by atoms with Gasteiger partial charge in [-0.1, -0.05) is 6.07 Å². The Balaban J connectivity index is 2.10. The van der Waals surface area contributed by atoms with Crippen LogP contribution in [0.25, 0.3) is 0 Å². The first kappa shape index (κ1) is 14.7. The maximum Gasteiger partial charge on any atom is 0.159 e. The van der Waals surface area contributed by atoms with E-state index in [4.69, 9.17) is 0 Å². The summed E-state index contributed by atoms with van der Waals surface area (Å²) in [4.78, 5) is 4.29. The summed E-state index contributed by atoms with van der Waals surface area (Å²) in [6.45, 7) is 7.33. The Morgan fingerprint density at radius 2 is 1.95 bits per heavy atom. The predicted octanol–water partition coefficient (Wildman–Crippen LogP) is 3.10. The molecule has 20 heavy (non-hydrogen) atoms. The van der Waals surface area contributed by atoms with Crippen molar-refractivity contribution in [3.63, 3.8) is 0 Å². The summed E-state index contributed by atoms with van der Waals surface area (Å²) >= 11 is 0. The topological polar surface area (TPSA) is 29.9 Å². The van der Waals surface area contributed by atoms with Crippen LogP contribution in [0.15, 0.2) is 30.6 Å². The molecule has 108 valence electrons. The van der Waals surface area contributed by atoms with Gasteiger partial charge in [0.25, 0.3) is 0 Å². The lowest BCUT2D eigenvalue weighted by molar-refractivity contribution is 0.413.